The van der Waals surface area contributed by atoms with Crippen LogP contribution in [0, 0.1) is 0 Å². The first kappa shape index (κ1) is 49.0. The fourth-order valence-electron chi connectivity index (χ4n) is 9.96. The van der Waals surface area contributed by atoms with Crippen LogP contribution in [0.15, 0.2) is 149 Å². The lowest BCUT2D eigenvalue weighted by Gasteiger charge is -2.42. The minimum Gasteiger partial charge on any atom is -0.438 e. The Morgan fingerprint density at radius 2 is 1.14 bits per heavy atom. The highest BCUT2D eigenvalue weighted by Gasteiger charge is 2.54. The molecule has 0 saturated carbocycles. The number of esters is 1. The monoisotopic (exact) mass is 986 g/mol. The summed E-state index contributed by atoms with van der Waals surface area (Å²) in [7, 11) is -6.04. The standard InChI is InChI=1S/C58H55N2O9PS/c1-10-56(7,11-2)36-22-24-37(25-23-36)58(9,70(66)50-21-17-15-19-42(50)41-18-14-16-20-48(41)69-70)38-26-31-47(49(32-38)68-55(65)35(5)6)59-51(61)43-29-27-39(33-45(43)52(59)62)71(67)40-28-30-44-46(34-40)54(64)60(53(44)63)57(8,12-3)13-4/h14-34H,5,10-13H2,1-4,6-9H3. The van der Waals surface area contributed by atoms with Crippen LogP contribution < -0.4 is 19.5 Å². The predicted octanol–water partition coefficient (Wildman–Crippen LogP) is 12.3. The third-order valence-corrected chi connectivity index (χ3v) is 20.0. The molecule has 6 aromatic carbocycles. The smallest absolute Gasteiger partial charge is 0.338 e. The van der Waals surface area contributed by atoms with Crippen LogP contribution in [-0.2, 0) is 30.7 Å². The van der Waals surface area contributed by atoms with Gasteiger partial charge in [0, 0.05) is 26.5 Å². The van der Waals surface area contributed by atoms with Crippen molar-refractivity contribution < 1.29 is 42.0 Å². The second-order valence-electron chi connectivity index (χ2n) is 19.2. The number of hydrogen-bond donors (Lipinski definition) is 0. The molecule has 0 aromatic heterocycles. The Morgan fingerprint density at radius 1 is 0.620 bits per heavy atom. The molecule has 0 radical (unpaired) electrons. The first-order valence-corrected chi connectivity index (χ1v) is 26.7. The number of ether oxygens (including phenoxy) is 1. The van der Waals surface area contributed by atoms with Crippen LogP contribution in [0.25, 0.3) is 11.1 Å². The molecule has 3 aliphatic rings. The van der Waals surface area contributed by atoms with Crippen molar-refractivity contribution in [1.82, 2.24) is 4.90 Å². The van der Waals surface area contributed by atoms with Crippen molar-refractivity contribution in [3.8, 4) is 22.6 Å². The summed E-state index contributed by atoms with van der Waals surface area (Å²) in [4.78, 5) is 72.3. The van der Waals surface area contributed by atoms with Crippen molar-refractivity contribution in [1.29, 1.82) is 0 Å². The Hall–Kier alpha value is -7.01. The highest BCUT2D eigenvalue weighted by atomic mass is 32.2. The zero-order chi connectivity index (χ0) is 50.9. The van der Waals surface area contributed by atoms with Gasteiger partial charge in [-0.15, -0.1) is 0 Å². The molecule has 11 nitrogen and oxygen atoms in total. The lowest BCUT2D eigenvalue weighted by molar-refractivity contribution is -0.130. The molecule has 3 unspecified atom stereocenters. The summed E-state index contributed by atoms with van der Waals surface area (Å²) in [6.45, 7) is 19.3. The molecule has 0 fully saturated rings. The van der Waals surface area contributed by atoms with E-state index in [1.807, 2.05) is 82.3 Å². The summed E-state index contributed by atoms with van der Waals surface area (Å²) in [6, 6.07) is 36.4. The maximum Gasteiger partial charge on any atom is 0.338 e. The molecular formula is C58H55N2O9PS. The Kier molecular flexibility index (Phi) is 12.4. The average Bonchev–Trinajstić information content (AvgIpc) is 3.80. The van der Waals surface area contributed by atoms with E-state index in [2.05, 4.69) is 39.5 Å². The van der Waals surface area contributed by atoms with Gasteiger partial charge in [-0.1, -0.05) is 108 Å². The number of carbonyl (C=O) groups is 5. The quantitative estimate of drug-likeness (QED) is 0.0342. The maximum absolute atomic E-state index is 16.5. The Labute approximate surface area is 416 Å². The number of carbonyl (C=O) groups excluding carboxylic acids is 5. The molecule has 6 aromatic rings. The van der Waals surface area contributed by atoms with Crippen LogP contribution in [0.2, 0.25) is 0 Å². The van der Waals surface area contributed by atoms with Crippen molar-refractivity contribution in [2.24, 2.45) is 0 Å². The largest absolute Gasteiger partial charge is 0.438 e. The van der Waals surface area contributed by atoms with Crippen molar-refractivity contribution in [3.05, 3.63) is 178 Å². The highest BCUT2D eigenvalue weighted by molar-refractivity contribution is 7.85. The van der Waals surface area contributed by atoms with Crippen LogP contribution in [0.1, 0.15) is 139 Å². The number of anilines is 1. The average molecular weight is 987 g/mol. The first-order chi connectivity index (χ1) is 33.8. The van der Waals surface area contributed by atoms with Gasteiger partial charge in [0.2, 0.25) is 0 Å². The molecule has 71 heavy (non-hydrogen) atoms. The third-order valence-electron chi connectivity index (χ3n) is 15.4. The number of rotatable bonds is 14. The summed E-state index contributed by atoms with van der Waals surface area (Å²) >= 11 is 0. The zero-order valence-electron chi connectivity index (χ0n) is 41.1. The molecule has 13 heteroatoms. The molecule has 9 rings (SSSR count). The second kappa shape index (κ2) is 18.0. The SMILES string of the molecule is C=C(C)C(=O)Oc1cc(C(C)(c2ccc(C(C)(CC)CC)cc2)P2(=O)Oc3ccccc3-c3ccccc32)ccc1N1C(=O)c2ccc(S(=O)c3ccc4c(c3)C(=O)N(C(C)(CC)CC)C4=O)cc2C1=O. The van der Waals surface area contributed by atoms with E-state index in [4.69, 9.17) is 9.26 Å². The van der Waals surface area contributed by atoms with Crippen LogP contribution in [0.4, 0.5) is 5.69 Å². The molecule has 0 aliphatic carbocycles. The van der Waals surface area contributed by atoms with Gasteiger partial charge in [-0.3, -0.25) is 28.6 Å². The van der Waals surface area contributed by atoms with Crippen LogP contribution >= 0.6 is 7.37 Å². The second-order valence-corrected chi connectivity index (χ2v) is 23.3. The van der Waals surface area contributed by atoms with Gasteiger partial charge in [0.1, 0.15) is 10.9 Å². The fourth-order valence-corrected chi connectivity index (χ4v) is 14.0. The molecule has 4 amide bonds. The minimum absolute atomic E-state index is 0.0205. The van der Waals surface area contributed by atoms with E-state index in [0.717, 1.165) is 34.4 Å². The number of hydrogen-bond acceptors (Lipinski definition) is 9. The lowest BCUT2D eigenvalue weighted by Crippen LogP contribution is -2.48. The van der Waals surface area contributed by atoms with Gasteiger partial charge >= 0.3 is 5.97 Å². The van der Waals surface area contributed by atoms with Gasteiger partial charge in [-0.2, -0.15) is 0 Å². The van der Waals surface area contributed by atoms with Crippen molar-refractivity contribution in [2.75, 3.05) is 4.90 Å². The van der Waals surface area contributed by atoms with E-state index < -0.39 is 58.5 Å². The molecule has 0 N–H and O–H groups in total. The number of imide groups is 2. The molecule has 0 spiro atoms. The van der Waals surface area contributed by atoms with Gasteiger partial charge in [-0.25, -0.2) is 13.9 Å². The third kappa shape index (κ3) is 7.57. The highest BCUT2D eigenvalue weighted by Crippen LogP contribution is 2.69. The minimum atomic E-state index is -4.09. The van der Waals surface area contributed by atoms with Crippen molar-refractivity contribution in [3.63, 3.8) is 0 Å². The fraction of sp³-hybridized carbons (Fsp3) is 0.259. The number of benzene rings is 6. The van der Waals surface area contributed by atoms with E-state index in [1.165, 1.54) is 60.4 Å². The summed E-state index contributed by atoms with van der Waals surface area (Å²) in [5, 5.41) is -0.985. The van der Waals surface area contributed by atoms with Gasteiger partial charge in [0.05, 0.1) is 44.0 Å². The number of fused-ring (bicyclic) bond motifs is 5. The summed E-state index contributed by atoms with van der Waals surface area (Å²) in [5.74, 6) is -2.92. The number of para-hydroxylation sites is 1. The summed E-state index contributed by atoms with van der Waals surface area (Å²) in [5.41, 5.74) is 3.22. The van der Waals surface area contributed by atoms with Gasteiger partial charge in [0.25, 0.3) is 31.0 Å². The van der Waals surface area contributed by atoms with Crippen molar-refractivity contribution >= 4 is 58.8 Å². The zero-order valence-corrected chi connectivity index (χ0v) is 42.8. The summed E-state index contributed by atoms with van der Waals surface area (Å²) in [6.07, 6.45) is 2.92. The molecule has 3 aliphatic heterocycles. The molecule has 0 bridgehead atoms. The maximum atomic E-state index is 16.5. The van der Waals surface area contributed by atoms with Crippen LogP contribution in [0.5, 0.6) is 11.5 Å². The van der Waals surface area contributed by atoms with Crippen LogP contribution in [-0.4, -0.2) is 44.2 Å². The Balaban J connectivity index is 1.14. The van der Waals surface area contributed by atoms with Gasteiger partial charge < -0.3 is 9.26 Å². The van der Waals surface area contributed by atoms with E-state index in [0.29, 0.717) is 35.0 Å². The Bertz CT molecular complexity index is 3350. The van der Waals surface area contributed by atoms with E-state index in [-0.39, 0.29) is 54.5 Å². The molecule has 0 saturated heterocycles. The van der Waals surface area contributed by atoms with E-state index in [1.54, 1.807) is 12.1 Å². The van der Waals surface area contributed by atoms with E-state index >= 15 is 4.57 Å². The molecule has 3 heterocycles. The molecule has 3 atom stereocenters. The molecule has 362 valence electrons. The topological polar surface area (TPSA) is 144 Å². The number of nitrogens with zero attached hydrogens (tertiary/aromatic N) is 2. The van der Waals surface area contributed by atoms with Gasteiger partial charge in [-0.05, 0) is 135 Å². The predicted molar refractivity (Wildman–Crippen MR) is 276 cm³/mol. The van der Waals surface area contributed by atoms with Crippen molar-refractivity contribution in [2.45, 2.75) is 107 Å². The normalized spacial score (nSPS) is 17.5. The van der Waals surface area contributed by atoms with Gasteiger partial charge in [0.15, 0.2) is 5.75 Å². The first-order valence-electron chi connectivity index (χ1n) is 23.9. The summed E-state index contributed by atoms with van der Waals surface area (Å²) < 4.78 is 43.6. The van der Waals surface area contributed by atoms with Crippen LogP contribution in [0.3, 0.4) is 0 Å². The van der Waals surface area contributed by atoms with E-state index in [9.17, 15) is 28.2 Å². The number of amides is 4. The molecular weight excluding hydrogens is 932 g/mol. The lowest BCUT2D eigenvalue weighted by atomic mass is 9.77. The Morgan fingerprint density at radius 3 is 1.75 bits per heavy atom.